The zero-order valence-electron chi connectivity index (χ0n) is 2.21. The first kappa shape index (κ1) is 15.7. The molecule has 0 radical (unpaired) electrons. The maximum absolute atomic E-state index is 8.36. The van der Waals surface area contributed by atoms with E-state index in [0.717, 1.165) is 0 Å². The van der Waals surface area contributed by atoms with Crippen molar-refractivity contribution in [3.05, 3.63) is 10.1 Å². The maximum atomic E-state index is 8.36. The van der Waals surface area contributed by atoms with E-state index in [4.69, 9.17) is 15.3 Å². The van der Waals surface area contributed by atoms with E-state index in [0.29, 0.717) is 0 Å². The van der Waals surface area contributed by atoms with Crippen LogP contribution < -0.4 is 0 Å². The molecule has 1 N–H and O–H groups in total. The van der Waals surface area contributed by atoms with Crippen LogP contribution in [0.5, 0.6) is 0 Å². The van der Waals surface area contributed by atoms with Gasteiger partial charge < -0.3 is 5.21 Å². The Labute approximate surface area is 83.1 Å². The van der Waals surface area contributed by atoms with E-state index in [9.17, 15) is 0 Å². The molecule has 0 atom stereocenters. The van der Waals surface area contributed by atoms with Crippen molar-refractivity contribution >= 4 is 23.1 Å². The summed E-state index contributed by atoms with van der Waals surface area (Å²) in [5.41, 5.74) is 0. The SMILES string of the molecule is O=[N+]([O-])O.[MgH2].[Nd]. The summed E-state index contributed by atoms with van der Waals surface area (Å²) >= 11 is 0. The van der Waals surface area contributed by atoms with Gasteiger partial charge in [-0.25, -0.2) is 0 Å². The molecule has 0 unspecified atom stereocenters. The van der Waals surface area contributed by atoms with Gasteiger partial charge in [0.15, 0.2) is 0 Å². The molecule has 0 saturated heterocycles. The van der Waals surface area contributed by atoms with Crippen molar-refractivity contribution in [2.75, 3.05) is 0 Å². The summed E-state index contributed by atoms with van der Waals surface area (Å²) in [7, 11) is 0. The topological polar surface area (TPSA) is 63.4 Å². The molecule has 0 rings (SSSR count). The van der Waals surface area contributed by atoms with Crippen LogP contribution in [0.15, 0.2) is 0 Å². The number of nitrogens with zero attached hydrogens (tertiary/aromatic N) is 1. The van der Waals surface area contributed by atoms with Crippen molar-refractivity contribution in [2.24, 2.45) is 0 Å². The average molecular weight is 234 g/mol. The van der Waals surface area contributed by atoms with Crippen molar-refractivity contribution in [1.29, 1.82) is 0 Å². The molecule has 0 aromatic heterocycles. The Morgan fingerprint density at radius 2 is 1.67 bits per heavy atom. The molecule has 0 aliphatic heterocycles. The van der Waals surface area contributed by atoms with Crippen LogP contribution in [-0.2, 0) is 0 Å². The Morgan fingerprint density at radius 1 is 1.67 bits per heavy atom. The fraction of sp³-hybridized carbons (Fsp3) is 0. The summed E-state index contributed by atoms with van der Waals surface area (Å²) in [6.45, 7) is 0. The first-order chi connectivity index (χ1) is 1.73. The van der Waals surface area contributed by atoms with Gasteiger partial charge in [-0.05, 0) is 0 Å². The number of rotatable bonds is 0. The fourth-order valence-electron chi connectivity index (χ4n) is 0. The zero-order chi connectivity index (χ0) is 3.58. The molecular formula is H3MgNNdO3. The van der Waals surface area contributed by atoms with Crippen molar-refractivity contribution in [3.63, 3.8) is 0 Å². The van der Waals surface area contributed by atoms with E-state index in [2.05, 4.69) is 0 Å². The second kappa shape index (κ2) is 9.58. The summed E-state index contributed by atoms with van der Waals surface area (Å²) in [6.07, 6.45) is 0. The molecule has 0 amide bonds. The standard InChI is InChI=1S/Mg.HNO3.Nd.2H/c;2-1(3)4;;;/h;(H,2,3,4);;;. The van der Waals surface area contributed by atoms with Gasteiger partial charge in [0.25, 0.3) is 5.09 Å². The number of hydrogen-bond donors (Lipinski definition) is 1. The van der Waals surface area contributed by atoms with Gasteiger partial charge >= 0.3 is 23.1 Å². The van der Waals surface area contributed by atoms with Gasteiger partial charge in [0.05, 0.1) is 0 Å². The molecule has 6 heteroatoms. The monoisotopic (exact) mass is 231 g/mol. The molecule has 0 aromatic rings. The predicted octanol–water partition coefficient (Wildman–Crippen LogP) is -1.26. The van der Waals surface area contributed by atoms with Gasteiger partial charge in [-0.2, -0.15) is 0 Å². The molecule has 0 aliphatic rings. The van der Waals surface area contributed by atoms with Crippen molar-refractivity contribution in [1.82, 2.24) is 0 Å². The van der Waals surface area contributed by atoms with Crippen LogP contribution in [0.3, 0.4) is 0 Å². The Hall–Kier alpha value is 1.32. The molecule has 4 nitrogen and oxygen atoms in total. The first-order valence-electron chi connectivity index (χ1n) is 0.565. The minimum absolute atomic E-state index is 0. The van der Waals surface area contributed by atoms with Crippen LogP contribution in [0.25, 0.3) is 0 Å². The Kier molecular flexibility index (Phi) is 25.0. The van der Waals surface area contributed by atoms with Gasteiger partial charge in [-0.15, -0.1) is 10.1 Å². The zero-order valence-corrected chi connectivity index (χ0v) is 5.42. The second-order valence-corrected chi connectivity index (χ2v) is 0.238. The van der Waals surface area contributed by atoms with E-state index in [1.54, 1.807) is 0 Å². The fourth-order valence-corrected chi connectivity index (χ4v) is 0. The van der Waals surface area contributed by atoms with E-state index in [1.165, 1.54) is 0 Å². The quantitative estimate of drug-likeness (QED) is 0.323. The third kappa shape index (κ3) is 57.1. The molecule has 0 bridgehead atoms. The number of hydrogen-bond acceptors (Lipinski definition) is 2. The van der Waals surface area contributed by atoms with Gasteiger partial charge in [0.1, 0.15) is 0 Å². The molecule has 0 heterocycles. The summed E-state index contributed by atoms with van der Waals surface area (Å²) in [6, 6.07) is 0. The van der Waals surface area contributed by atoms with Gasteiger partial charge in [0.2, 0.25) is 0 Å². The van der Waals surface area contributed by atoms with Crippen LogP contribution in [0.2, 0.25) is 0 Å². The van der Waals surface area contributed by atoms with Crippen LogP contribution >= 0.6 is 0 Å². The summed E-state index contributed by atoms with van der Waals surface area (Å²) in [5.74, 6) is 0. The minimum atomic E-state index is -1.50. The third-order valence-electron chi connectivity index (χ3n) is 0. The molecule has 0 saturated carbocycles. The molecule has 0 fully saturated rings. The predicted molar refractivity (Wildman–Crippen MR) is 17.3 cm³/mol. The van der Waals surface area contributed by atoms with E-state index in [-0.39, 0.29) is 63.9 Å². The summed E-state index contributed by atoms with van der Waals surface area (Å²) in [5, 5.41) is 13.6. The van der Waals surface area contributed by atoms with Gasteiger partial charge in [-0.3, -0.25) is 0 Å². The Morgan fingerprint density at radius 3 is 1.67 bits per heavy atom. The first-order valence-corrected chi connectivity index (χ1v) is 0.565. The molecular weight excluding hydrogens is 231 g/mol. The second-order valence-electron chi connectivity index (χ2n) is 0.238. The van der Waals surface area contributed by atoms with Crippen molar-refractivity contribution in [3.8, 4) is 0 Å². The van der Waals surface area contributed by atoms with Crippen molar-refractivity contribution in [2.45, 2.75) is 0 Å². The van der Waals surface area contributed by atoms with Crippen LogP contribution in [0.1, 0.15) is 0 Å². The van der Waals surface area contributed by atoms with Gasteiger partial charge in [-0.1, -0.05) is 0 Å². The van der Waals surface area contributed by atoms with E-state index in [1.807, 2.05) is 0 Å². The maximum Gasteiger partial charge on any atom is 0.316 e. The summed E-state index contributed by atoms with van der Waals surface area (Å²) in [4.78, 5) is 8.36. The van der Waals surface area contributed by atoms with E-state index >= 15 is 0 Å². The van der Waals surface area contributed by atoms with E-state index < -0.39 is 5.09 Å². The third-order valence-corrected chi connectivity index (χ3v) is 0. The smallest absolute Gasteiger partial charge is 0.316 e. The Balaban J connectivity index is -0.0000000450. The van der Waals surface area contributed by atoms with Gasteiger partial charge in [0, 0.05) is 40.8 Å². The molecule has 0 spiro atoms. The summed E-state index contributed by atoms with van der Waals surface area (Å²) < 4.78 is 0. The minimum Gasteiger partial charge on any atom is -0.328 e. The van der Waals surface area contributed by atoms with Crippen LogP contribution in [0, 0.1) is 51.0 Å². The Bertz CT molecular complexity index is 33.8. The normalized spacial score (nSPS) is 4.00. The van der Waals surface area contributed by atoms with Crippen molar-refractivity contribution < 1.29 is 51.1 Å². The molecule has 0 aliphatic carbocycles. The van der Waals surface area contributed by atoms with Crippen LogP contribution in [-0.4, -0.2) is 33.3 Å². The largest absolute Gasteiger partial charge is 0.328 e. The average Bonchev–Trinajstić information content (AvgIpc) is 0.811. The molecule has 0 aromatic carbocycles. The molecule has 6 heavy (non-hydrogen) atoms. The molecule has 32 valence electrons. The van der Waals surface area contributed by atoms with Crippen LogP contribution in [0.4, 0.5) is 0 Å².